The second-order valence-corrected chi connectivity index (χ2v) is 7.79. The van der Waals surface area contributed by atoms with Crippen LogP contribution in [-0.2, 0) is 11.2 Å². The van der Waals surface area contributed by atoms with Gasteiger partial charge in [0.15, 0.2) is 5.82 Å². The quantitative estimate of drug-likeness (QED) is 0.516. The Kier molecular flexibility index (Phi) is 4.62. The van der Waals surface area contributed by atoms with Crippen LogP contribution in [0.3, 0.4) is 0 Å². The number of hydrogen-bond acceptors (Lipinski definition) is 5. The molecule has 0 spiro atoms. The monoisotopic (exact) mass is 427 g/mol. The Balaban J connectivity index is 1.52. The molecule has 0 aliphatic carbocycles. The maximum atomic E-state index is 13.0. The molecule has 0 bridgehead atoms. The lowest BCUT2D eigenvalue weighted by molar-refractivity contribution is -0.115. The highest BCUT2D eigenvalue weighted by Gasteiger charge is 2.20. The molecule has 5 rings (SSSR count). The zero-order chi connectivity index (χ0) is 22.4. The number of para-hydroxylation sites is 1. The largest absolute Gasteiger partial charge is 0.494 e. The summed E-state index contributed by atoms with van der Waals surface area (Å²) in [5.41, 5.74) is 4.51. The van der Waals surface area contributed by atoms with Crippen molar-refractivity contribution < 1.29 is 14.3 Å². The molecule has 8 nitrogen and oxygen atoms in total. The Hall–Kier alpha value is -4.20. The summed E-state index contributed by atoms with van der Waals surface area (Å²) in [6, 6.07) is 14.7. The van der Waals surface area contributed by atoms with Crippen LogP contribution in [0.4, 0.5) is 11.5 Å². The Morgan fingerprint density at radius 1 is 1.16 bits per heavy atom. The molecule has 0 fully saturated rings. The smallest absolute Gasteiger partial charge is 0.256 e. The van der Waals surface area contributed by atoms with Crippen molar-refractivity contribution in [3.63, 3.8) is 0 Å². The summed E-state index contributed by atoms with van der Waals surface area (Å²) in [5.74, 6) is 1.39. The number of carbonyl (C=O) groups excluding carboxylic acids is 2. The minimum atomic E-state index is -0.289. The Labute approximate surface area is 184 Å². The average molecular weight is 427 g/mol. The fraction of sp³-hybridized carbons (Fsp3) is 0.167. The Bertz CT molecular complexity index is 1410. The third-order valence-corrected chi connectivity index (χ3v) is 5.50. The number of aryl methyl sites for hydroxylation is 2. The molecule has 160 valence electrons. The molecule has 32 heavy (non-hydrogen) atoms. The Morgan fingerprint density at radius 2 is 2.00 bits per heavy atom. The van der Waals surface area contributed by atoms with Gasteiger partial charge < -0.3 is 15.4 Å². The summed E-state index contributed by atoms with van der Waals surface area (Å²) < 4.78 is 7.10. The topological polar surface area (TPSA) is 98.1 Å². The van der Waals surface area contributed by atoms with E-state index in [4.69, 9.17) is 9.72 Å². The van der Waals surface area contributed by atoms with E-state index in [0.717, 1.165) is 33.4 Å². The number of nitrogens with one attached hydrogen (secondary N) is 2. The molecule has 0 radical (unpaired) electrons. The maximum absolute atomic E-state index is 13.0. The highest BCUT2D eigenvalue weighted by atomic mass is 16.5. The first kappa shape index (κ1) is 19.7. The van der Waals surface area contributed by atoms with E-state index in [1.165, 1.54) is 0 Å². The molecular weight excluding hydrogens is 406 g/mol. The predicted octanol–water partition coefficient (Wildman–Crippen LogP) is 3.79. The number of nitrogens with zero attached hydrogens (tertiary/aromatic N) is 3. The van der Waals surface area contributed by atoms with Gasteiger partial charge >= 0.3 is 0 Å². The number of pyridine rings is 1. The average Bonchev–Trinajstić information content (AvgIpc) is 3.33. The molecule has 0 saturated carbocycles. The van der Waals surface area contributed by atoms with Crippen LogP contribution in [0.2, 0.25) is 0 Å². The lowest BCUT2D eigenvalue weighted by atomic mass is 10.1. The zero-order valence-corrected chi connectivity index (χ0v) is 17.9. The molecule has 1 aliphatic rings. The standard InChI is InChI=1S/C24H21N5O3/c1-13-9-20(26-23-17(13)5-4-6-19(23)32-3)29-21(10-14(2)28-29)27-24(31)15-7-8-18-16(11-15)12-22(30)25-18/h4-11H,12H2,1-3H3,(H,25,30)(H,27,31). The van der Waals surface area contributed by atoms with Crippen molar-refractivity contribution in [1.82, 2.24) is 14.8 Å². The molecule has 0 saturated heterocycles. The van der Waals surface area contributed by atoms with Gasteiger partial charge in [0, 0.05) is 22.7 Å². The van der Waals surface area contributed by atoms with Crippen LogP contribution in [0.15, 0.2) is 48.5 Å². The van der Waals surface area contributed by atoms with Crippen molar-refractivity contribution in [3.05, 3.63) is 70.9 Å². The number of anilines is 2. The third-order valence-electron chi connectivity index (χ3n) is 5.50. The van der Waals surface area contributed by atoms with E-state index in [0.29, 0.717) is 22.9 Å². The van der Waals surface area contributed by atoms with Crippen molar-refractivity contribution in [2.24, 2.45) is 0 Å². The minimum Gasteiger partial charge on any atom is -0.494 e. The van der Waals surface area contributed by atoms with Gasteiger partial charge in [-0.3, -0.25) is 9.59 Å². The molecule has 0 unspecified atom stereocenters. The summed E-state index contributed by atoms with van der Waals surface area (Å²) in [6.45, 7) is 3.86. The fourth-order valence-electron chi connectivity index (χ4n) is 3.97. The van der Waals surface area contributed by atoms with E-state index in [-0.39, 0.29) is 18.2 Å². The van der Waals surface area contributed by atoms with E-state index in [1.807, 2.05) is 38.1 Å². The van der Waals surface area contributed by atoms with Crippen LogP contribution in [0.25, 0.3) is 16.7 Å². The van der Waals surface area contributed by atoms with Crippen molar-refractivity contribution >= 4 is 34.2 Å². The first-order valence-corrected chi connectivity index (χ1v) is 10.2. The second kappa shape index (κ2) is 7.49. The summed E-state index contributed by atoms with van der Waals surface area (Å²) in [4.78, 5) is 29.3. The lowest BCUT2D eigenvalue weighted by Gasteiger charge is -2.12. The van der Waals surface area contributed by atoms with Crippen molar-refractivity contribution in [3.8, 4) is 11.6 Å². The van der Waals surface area contributed by atoms with Crippen LogP contribution in [-0.4, -0.2) is 33.7 Å². The number of hydrogen-bond donors (Lipinski definition) is 2. The van der Waals surface area contributed by atoms with Gasteiger partial charge in [0.2, 0.25) is 5.91 Å². The number of ether oxygens (including phenoxy) is 1. The summed E-state index contributed by atoms with van der Waals surface area (Å²) in [6.07, 6.45) is 0.273. The summed E-state index contributed by atoms with van der Waals surface area (Å²) in [7, 11) is 1.61. The first-order chi connectivity index (χ1) is 15.4. The van der Waals surface area contributed by atoms with Gasteiger partial charge in [0.05, 0.1) is 19.2 Å². The van der Waals surface area contributed by atoms with Gasteiger partial charge in [-0.05, 0) is 55.3 Å². The molecule has 2 aromatic heterocycles. The zero-order valence-electron chi connectivity index (χ0n) is 17.9. The van der Waals surface area contributed by atoms with E-state index in [2.05, 4.69) is 15.7 Å². The van der Waals surface area contributed by atoms with Gasteiger partial charge in [-0.1, -0.05) is 12.1 Å². The van der Waals surface area contributed by atoms with Crippen LogP contribution >= 0.6 is 0 Å². The highest BCUT2D eigenvalue weighted by molar-refractivity contribution is 6.06. The number of aromatic nitrogens is 3. The number of methoxy groups -OCH3 is 1. The van der Waals surface area contributed by atoms with Crippen molar-refractivity contribution in [2.75, 3.05) is 17.7 Å². The van der Waals surface area contributed by atoms with E-state index in [1.54, 1.807) is 36.1 Å². The molecule has 8 heteroatoms. The number of rotatable bonds is 4. The normalized spacial score (nSPS) is 12.5. The molecular formula is C24H21N5O3. The van der Waals surface area contributed by atoms with E-state index >= 15 is 0 Å². The molecule has 2 amide bonds. The molecule has 2 N–H and O–H groups in total. The lowest BCUT2D eigenvalue weighted by Crippen LogP contribution is -2.16. The number of benzene rings is 2. The molecule has 4 aromatic rings. The molecule has 2 aromatic carbocycles. The maximum Gasteiger partial charge on any atom is 0.256 e. The first-order valence-electron chi connectivity index (χ1n) is 10.2. The van der Waals surface area contributed by atoms with Crippen LogP contribution in [0.5, 0.6) is 5.75 Å². The molecule has 3 heterocycles. The van der Waals surface area contributed by atoms with Crippen LogP contribution < -0.4 is 15.4 Å². The molecule has 1 aliphatic heterocycles. The predicted molar refractivity (Wildman–Crippen MR) is 122 cm³/mol. The van der Waals surface area contributed by atoms with Crippen LogP contribution in [0.1, 0.15) is 27.2 Å². The SMILES string of the molecule is COc1cccc2c(C)cc(-n3nc(C)cc3NC(=O)c3ccc4c(c3)CC(=O)N4)nc12. The van der Waals surface area contributed by atoms with Crippen molar-refractivity contribution in [2.45, 2.75) is 20.3 Å². The van der Waals surface area contributed by atoms with Gasteiger partial charge in [0.25, 0.3) is 5.91 Å². The molecule has 0 atom stereocenters. The van der Waals surface area contributed by atoms with Gasteiger partial charge in [-0.2, -0.15) is 9.78 Å². The Morgan fingerprint density at radius 3 is 2.81 bits per heavy atom. The number of amides is 2. The highest BCUT2D eigenvalue weighted by Crippen LogP contribution is 2.29. The van der Waals surface area contributed by atoms with Crippen LogP contribution in [0, 0.1) is 13.8 Å². The number of carbonyl (C=O) groups is 2. The minimum absolute atomic E-state index is 0.0700. The fourth-order valence-corrected chi connectivity index (χ4v) is 3.97. The summed E-state index contributed by atoms with van der Waals surface area (Å²) in [5, 5.41) is 11.2. The van der Waals surface area contributed by atoms with Gasteiger partial charge in [-0.25, -0.2) is 4.98 Å². The third kappa shape index (κ3) is 3.35. The summed E-state index contributed by atoms with van der Waals surface area (Å²) >= 11 is 0. The van der Waals surface area contributed by atoms with E-state index < -0.39 is 0 Å². The number of fused-ring (bicyclic) bond motifs is 2. The van der Waals surface area contributed by atoms with Crippen molar-refractivity contribution in [1.29, 1.82) is 0 Å². The van der Waals surface area contributed by atoms with Gasteiger partial charge in [0.1, 0.15) is 17.1 Å². The van der Waals surface area contributed by atoms with Gasteiger partial charge in [-0.15, -0.1) is 0 Å². The van der Waals surface area contributed by atoms with E-state index in [9.17, 15) is 9.59 Å². The second-order valence-electron chi connectivity index (χ2n) is 7.79.